The molecule has 3 rings (SSSR count). The minimum atomic E-state index is -3.71. The highest BCUT2D eigenvalue weighted by molar-refractivity contribution is 7.89. The van der Waals surface area contributed by atoms with Gasteiger partial charge in [-0.3, -0.25) is 4.98 Å². The number of nitrogens with zero attached hydrogens (tertiary/aromatic N) is 2. The Morgan fingerprint density at radius 3 is 2.45 bits per heavy atom. The molecule has 0 bridgehead atoms. The highest BCUT2D eigenvalue weighted by atomic mass is 32.2. The Labute approximate surface area is 171 Å². The first-order chi connectivity index (χ1) is 13.7. The van der Waals surface area contributed by atoms with E-state index in [1.54, 1.807) is 37.4 Å². The van der Waals surface area contributed by atoms with E-state index >= 15 is 0 Å². The van der Waals surface area contributed by atoms with E-state index in [0.717, 1.165) is 28.1 Å². The molecule has 0 amide bonds. The number of hydrogen-bond donors (Lipinski definition) is 3. The van der Waals surface area contributed by atoms with Crippen LogP contribution in [0.3, 0.4) is 0 Å². The first-order valence-corrected chi connectivity index (χ1v) is 11.2. The van der Waals surface area contributed by atoms with E-state index in [1.165, 1.54) is 0 Å². The van der Waals surface area contributed by atoms with Crippen LogP contribution in [-0.4, -0.2) is 40.6 Å². The summed E-state index contributed by atoms with van der Waals surface area (Å²) in [6, 6.07) is 8.10. The number of rotatable bonds is 8. The first kappa shape index (κ1) is 21.4. The van der Waals surface area contributed by atoms with E-state index in [2.05, 4.69) is 19.7 Å². The Hall–Kier alpha value is -2.29. The summed E-state index contributed by atoms with van der Waals surface area (Å²) in [4.78, 5) is 12.3. The summed E-state index contributed by atoms with van der Waals surface area (Å²) in [6.07, 6.45) is 2.09. The number of nitrogens with one attached hydrogen (secondary N) is 2. The third-order valence-electron chi connectivity index (χ3n) is 4.81. The molecule has 0 saturated heterocycles. The van der Waals surface area contributed by atoms with Gasteiger partial charge in [0.1, 0.15) is 11.3 Å². The molecule has 2 heterocycles. The van der Waals surface area contributed by atoms with Crippen LogP contribution < -0.4 is 4.72 Å². The summed E-state index contributed by atoms with van der Waals surface area (Å²) in [5.74, 6) is 1.09. The number of H-pyrrole nitrogens is 1. The number of benzene rings is 1. The first-order valence-electron chi connectivity index (χ1n) is 9.75. The largest absolute Gasteiger partial charge is 0.392 e. The van der Waals surface area contributed by atoms with Gasteiger partial charge in [-0.15, -0.1) is 0 Å². The van der Waals surface area contributed by atoms with Gasteiger partial charge in [-0.2, -0.15) is 0 Å². The molecule has 0 saturated carbocycles. The van der Waals surface area contributed by atoms with Crippen LogP contribution in [0, 0.1) is 12.8 Å². The fraction of sp³-hybridized carbons (Fsp3) is 0.429. The molecule has 0 spiro atoms. The van der Waals surface area contributed by atoms with Gasteiger partial charge in [0.15, 0.2) is 0 Å². The molecule has 0 aliphatic rings. The molecule has 29 heavy (non-hydrogen) atoms. The molecule has 0 aliphatic carbocycles. The lowest BCUT2D eigenvalue weighted by molar-refractivity contribution is 0.144. The van der Waals surface area contributed by atoms with Crippen LogP contribution in [0.5, 0.6) is 0 Å². The Kier molecular flexibility index (Phi) is 6.36. The predicted octanol–water partition coefficient (Wildman–Crippen LogP) is 2.93. The normalized spacial score (nSPS) is 14.4. The molecule has 2 aromatic heterocycles. The van der Waals surface area contributed by atoms with Crippen LogP contribution in [0.25, 0.3) is 11.0 Å². The van der Waals surface area contributed by atoms with Crippen molar-refractivity contribution in [3.63, 3.8) is 0 Å². The van der Waals surface area contributed by atoms with Crippen molar-refractivity contribution < 1.29 is 13.5 Å². The topological polar surface area (TPSA) is 108 Å². The second-order valence-corrected chi connectivity index (χ2v) is 9.61. The van der Waals surface area contributed by atoms with Crippen molar-refractivity contribution in [3.8, 4) is 0 Å². The molecule has 3 aromatic rings. The summed E-state index contributed by atoms with van der Waals surface area (Å²) in [5.41, 5.74) is 3.55. The molecule has 1 aromatic carbocycles. The van der Waals surface area contributed by atoms with Crippen LogP contribution in [0.15, 0.2) is 41.4 Å². The Morgan fingerprint density at radius 1 is 1.14 bits per heavy atom. The molecule has 0 fully saturated rings. The van der Waals surface area contributed by atoms with E-state index in [9.17, 15) is 13.5 Å². The van der Waals surface area contributed by atoms with Crippen molar-refractivity contribution >= 4 is 21.1 Å². The van der Waals surface area contributed by atoms with Gasteiger partial charge in [0.25, 0.3) is 0 Å². The average molecular weight is 417 g/mol. The number of aromatic nitrogens is 3. The summed E-state index contributed by atoms with van der Waals surface area (Å²) in [7, 11) is -3.71. The van der Waals surface area contributed by atoms with Crippen molar-refractivity contribution in [1.29, 1.82) is 0 Å². The molecule has 0 aliphatic heterocycles. The van der Waals surface area contributed by atoms with Gasteiger partial charge >= 0.3 is 0 Å². The quantitative estimate of drug-likeness (QED) is 0.523. The van der Waals surface area contributed by atoms with Crippen LogP contribution in [0.4, 0.5) is 0 Å². The summed E-state index contributed by atoms with van der Waals surface area (Å²) in [6.45, 7) is 7.49. The van der Waals surface area contributed by atoms with Crippen molar-refractivity contribution in [2.45, 2.75) is 57.6 Å². The SMILES string of the molecule is Cc1nc2c(Cc3ccc(S(=O)(=O)N[C@@H](CC(C)C)C(C)O)cc3)nccc2[nH]1. The Balaban J connectivity index is 1.78. The lowest BCUT2D eigenvalue weighted by atomic mass is 10.0. The third kappa shape index (κ3) is 5.20. The molecule has 8 heteroatoms. The highest BCUT2D eigenvalue weighted by Crippen LogP contribution is 2.19. The molecule has 3 N–H and O–H groups in total. The Bertz CT molecular complexity index is 1070. The second-order valence-electron chi connectivity index (χ2n) is 7.89. The van der Waals surface area contributed by atoms with Gasteiger partial charge in [0.2, 0.25) is 10.0 Å². The van der Waals surface area contributed by atoms with Crippen molar-refractivity contribution in [3.05, 3.63) is 53.6 Å². The van der Waals surface area contributed by atoms with Crippen LogP contribution >= 0.6 is 0 Å². The predicted molar refractivity (Wildman–Crippen MR) is 113 cm³/mol. The molecule has 2 atom stereocenters. The maximum absolute atomic E-state index is 12.7. The second kappa shape index (κ2) is 8.61. The number of aromatic amines is 1. The van der Waals surface area contributed by atoms with Gasteiger partial charge in [-0.25, -0.2) is 18.1 Å². The van der Waals surface area contributed by atoms with Gasteiger partial charge < -0.3 is 10.1 Å². The minimum absolute atomic E-state index is 0.178. The number of aryl methyl sites for hydroxylation is 1. The molecule has 0 radical (unpaired) electrons. The maximum Gasteiger partial charge on any atom is 0.240 e. The number of fused-ring (bicyclic) bond motifs is 1. The monoisotopic (exact) mass is 416 g/mol. The van der Waals surface area contributed by atoms with E-state index in [4.69, 9.17) is 0 Å². The van der Waals surface area contributed by atoms with Crippen molar-refractivity contribution in [2.75, 3.05) is 0 Å². The summed E-state index contributed by atoms with van der Waals surface area (Å²) in [5, 5.41) is 9.93. The Morgan fingerprint density at radius 2 is 1.83 bits per heavy atom. The minimum Gasteiger partial charge on any atom is -0.392 e. The summed E-state index contributed by atoms with van der Waals surface area (Å²) >= 11 is 0. The molecule has 156 valence electrons. The van der Waals surface area contributed by atoms with Crippen molar-refractivity contribution in [1.82, 2.24) is 19.7 Å². The zero-order valence-corrected chi connectivity index (χ0v) is 18.0. The van der Waals surface area contributed by atoms with Gasteiger partial charge in [-0.05, 0) is 49.9 Å². The van der Waals surface area contributed by atoms with E-state index < -0.39 is 22.2 Å². The molecule has 7 nitrogen and oxygen atoms in total. The number of pyridine rings is 1. The van der Waals surface area contributed by atoms with E-state index in [-0.39, 0.29) is 10.8 Å². The maximum atomic E-state index is 12.7. The van der Waals surface area contributed by atoms with Gasteiger partial charge in [-0.1, -0.05) is 26.0 Å². The number of hydrogen-bond acceptors (Lipinski definition) is 5. The number of aliphatic hydroxyl groups excluding tert-OH is 1. The van der Waals surface area contributed by atoms with Crippen LogP contribution in [-0.2, 0) is 16.4 Å². The third-order valence-corrected chi connectivity index (χ3v) is 6.32. The van der Waals surface area contributed by atoms with Gasteiger partial charge in [0.05, 0.1) is 22.2 Å². The van der Waals surface area contributed by atoms with Gasteiger partial charge in [0, 0.05) is 18.7 Å². The zero-order chi connectivity index (χ0) is 21.2. The van der Waals surface area contributed by atoms with E-state index in [0.29, 0.717) is 12.8 Å². The van der Waals surface area contributed by atoms with Crippen LogP contribution in [0.2, 0.25) is 0 Å². The average Bonchev–Trinajstić information content (AvgIpc) is 3.02. The van der Waals surface area contributed by atoms with E-state index in [1.807, 2.05) is 26.8 Å². The molecular formula is C21H28N4O3S. The number of sulfonamides is 1. The summed E-state index contributed by atoms with van der Waals surface area (Å²) < 4.78 is 28.1. The number of aliphatic hydroxyl groups is 1. The van der Waals surface area contributed by atoms with Crippen molar-refractivity contribution in [2.24, 2.45) is 5.92 Å². The highest BCUT2D eigenvalue weighted by Gasteiger charge is 2.24. The lowest BCUT2D eigenvalue weighted by Crippen LogP contribution is -2.42. The molecule has 1 unspecified atom stereocenters. The number of imidazole rings is 1. The van der Waals surface area contributed by atoms with Crippen LogP contribution in [0.1, 0.15) is 44.3 Å². The standard InChI is InChI=1S/C21H28N4O3S/c1-13(2)11-19(14(3)26)25-29(27,28)17-7-5-16(6-8-17)12-20-21-18(9-10-22-20)23-15(4)24-21/h5-10,13-14,19,25-26H,11-12H2,1-4H3,(H,23,24)/t14?,19-/m0/s1. The fourth-order valence-corrected chi connectivity index (χ4v) is 4.66. The smallest absolute Gasteiger partial charge is 0.240 e. The molecular weight excluding hydrogens is 388 g/mol. The zero-order valence-electron chi connectivity index (χ0n) is 17.2. The fourth-order valence-electron chi connectivity index (χ4n) is 3.34. The lowest BCUT2D eigenvalue weighted by Gasteiger charge is -2.23.